The van der Waals surface area contributed by atoms with Gasteiger partial charge < -0.3 is 24.4 Å². The number of amides is 1. The Bertz CT molecular complexity index is 770. The van der Waals surface area contributed by atoms with Crippen LogP contribution < -0.4 is 0 Å². The normalized spacial score (nSPS) is 27.2. The lowest BCUT2D eigenvalue weighted by atomic mass is 9.80. The quantitative estimate of drug-likeness (QED) is 0.643. The highest BCUT2D eigenvalue weighted by atomic mass is 16.7. The number of hydrogen-bond donors (Lipinski definition) is 1. The van der Waals surface area contributed by atoms with Gasteiger partial charge >= 0.3 is 0 Å². The van der Waals surface area contributed by atoms with E-state index in [2.05, 4.69) is 17.0 Å². The third kappa shape index (κ3) is 5.97. The van der Waals surface area contributed by atoms with E-state index in [0.29, 0.717) is 24.8 Å². The van der Waals surface area contributed by atoms with Gasteiger partial charge in [-0.15, -0.1) is 0 Å². The van der Waals surface area contributed by atoms with Crippen LogP contribution in [0, 0.1) is 5.92 Å². The van der Waals surface area contributed by atoms with Crippen LogP contribution in [0.15, 0.2) is 42.2 Å². The number of hydrogen-bond acceptors (Lipinski definition) is 5. The molecule has 0 aromatic heterocycles. The van der Waals surface area contributed by atoms with Crippen molar-refractivity contribution in [3.05, 3.63) is 47.7 Å². The lowest BCUT2D eigenvalue weighted by Crippen LogP contribution is -2.49. The molecule has 3 aliphatic heterocycles. The molecule has 1 aromatic carbocycles. The predicted molar refractivity (Wildman–Crippen MR) is 129 cm³/mol. The maximum absolute atomic E-state index is 13.5. The summed E-state index contributed by atoms with van der Waals surface area (Å²) in [5.41, 5.74) is 1.16. The van der Waals surface area contributed by atoms with Crippen LogP contribution >= 0.6 is 0 Å². The van der Waals surface area contributed by atoms with E-state index in [4.69, 9.17) is 9.47 Å². The Morgan fingerprint density at radius 1 is 1.09 bits per heavy atom. The fourth-order valence-corrected chi connectivity index (χ4v) is 5.69. The van der Waals surface area contributed by atoms with Crippen LogP contribution in [0.4, 0.5) is 0 Å². The summed E-state index contributed by atoms with van der Waals surface area (Å²) in [5, 5.41) is 9.43. The van der Waals surface area contributed by atoms with Gasteiger partial charge in [0.25, 0.3) is 5.91 Å². The average molecular weight is 457 g/mol. The van der Waals surface area contributed by atoms with Crippen LogP contribution in [0.2, 0.25) is 0 Å². The number of ether oxygens (including phenoxy) is 2. The Morgan fingerprint density at radius 3 is 2.48 bits per heavy atom. The molecule has 0 radical (unpaired) electrons. The average Bonchev–Trinajstić information content (AvgIpc) is 2.88. The van der Waals surface area contributed by atoms with E-state index >= 15 is 0 Å². The van der Waals surface area contributed by atoms with Gasteiger partial charge in [0.05, 0.1) is 0 Å². The third-order valence-corrected chi connectivity index (χ3v) is 7.47. The van der Waals surface area contributed by atoms with E-state index in [-0.39, 0.29) is 24.3 Å². The number of benzene rings is 1. The van der Waals surface area contributed by atoms with E-state index in [1.807, 2.05) is 36.1 Å². The number of likely N-dealkylation sites (tertiary alicyclic amines) is 2. The highest BCUT2D eigenvalue weighted by Crippen LogP contribution is 2.39. The maximum atomic E-state index is 13.5. The molecule has 0 spiro atoms. The second-order valence-corrected chi connectivity index (χ2v) is 9.56. The summed E-state index contributed by atoms with van der Waals surface area (Å²) in [6.07, 6.45) is 9.01. The Hall–Kier alpha value is -1.89. The van der Waals surface area contributed by atoms with Gasteiger partial charge in [-0.25, -0.2) is 0 Å². The van der Waals surface area contributed by atoms with Gasteiger partial charge in [0.15, 0.2) is 5.76 Å². The number of carbonyl (C=O) groups is 1. The van der Waals surface area contributed by atoms with Crippen molar-refractivity contribution < 1.29 is 19.4 Å². The molecule has 33 heavy (non-hydrogen) atoms. The summed E-state index contributed by atoms with van der Waals surface area (Å²) in [4.78, 5) is 18.1. The maximum Gasteiger partial charge on any atom is 0.288 e. The van der Waals surface area contributed by atoms with Crippen molar-refractivity contribution in [2.45, 2.75) is 70.1 Å². The van der Waals surface area contributed by atoms with Gasteiger partial charge in [0.2, 0.25) is 6.29 Å². The summed E-state index contributed by atoms with van der Waals surface area (Å²) in [7, 11) is 0. The molecule has 1 N–H and O–H groups in total. The van der Waals surface area contributed by atoms with Crippen molar-refractivity contribution in [3.8, 4) is 0 Å². The molecule has 0 bridgehead atoms. The van der Waals surface area contributed by atoms with Crippen LogP contribution in [0.3, 0.4) is 0 Å². The largest absolute Gasteiger partial charge is 0.459 e. The van der Waals surface area contributed by atoms with Crippen molar-refractivity contribution in [1.29, 1.82) is 0 Å². The monoisotopic (exact) mass is 456 g/mol. The van der Waals surface area contributed by atoms with E-state index in [0.717, 1.165) is 37.9 Å². The van der Waals surface area contributed by atoms with Crippen LogP contribution in [0.25, 0.3) is 0 Å². The third-order valence-electron chi connectivity index (χ3n) is 7.47. The lowest BCUT2D eigenvalue weighted by molar-refractivity contribution is -0.171. The molecule has 3 aliphatic rings. The Morgan fingerprint density at radius 2 is 1.82 bits per heavy atom. The molecule has 2 fully saturated rings. The molecule has 182 valence electrons. The van der Waals surface area contributed by atoms with Crippen molar-refractivity contribution in [3.63, 3.8) is 0 Å². The highest BCUT2D eigenvalue weighted by molar-refractivity contribution is 5.92. The molecule has 6 heteroatoms. The number of aliphatic hydroxyl groups is 1. The van der Waals surface area contributed by atoms with Gasteiger partial charge in [-0.2, -0.15) is 0 Å². The minimum Gasteiger partial charge on any atom is -0.459 e. The van der Waals surface area contributed by atoms with Crippen LogP contribution in [-0.4, -0.2) is 72.5 Å². The summed E-state index contributed by atoms with van der Waals surface area (Å²) >= 11 is 0. The number of allylic oxidation sites excluding steroid dienone is 1. The summed E-state index contributed by atoms with van der Waals surface area (Å²) < 4.78 is 12.2. The molecule has 0 aliphatic carbocycles. The Balaban J connectivity index is 1.49. The fraction of sp³-hybridized carbons (Fsp3) is 0.667. The molecule has 2 saturated heterocycles. The number of carbonyl (C=O) groups excluding carboxylic acids is 1. The molecule has 1 aromatic rings. The molecule has 4 rings (SSSR count). The molecule has 0 saturated carbocycles. The standard InChI is InChI=1S/C27H40N2O4/c1-2-32-27-23(12-9-19-30)24(21-10-5-3-6-11-21)20-25(33-27)26(31)29-17-13-22(14-18-29)28-15-7-4-8-16-28/h3,5-6,10-11,20,22-24,27,30H,2,4,7-9,12-19H2,1H3/t23-,24-,27-/m1/s1. The van der Waals surface area contributed by atoms with E-state index in [9.17, 15) is 9.90 Å². The first kappa shape index (κ1) is 24.2. The van der Waals surface area contributed by atoms with Gasteiger partial charge in [-0.3, -0.25) is 4.79 Å². The molecule has 3 atom stereocenters. The molecule has 3 heterocycles. The molecule has 6 nitrogen and oxygen atoms in total. The second kappa shape index (κ2) is 12.0. The van der Waals surface area contributed by atoms with E-state index < -0.39 is 6.29 Å². The lowest BCUT2D eigenvalue weighted by Gasteiger charge is -2.41. The number of rotatable bonds is 8. The summed E-state index contributed by atoms with van der Waals surface area (Å²) in [6.45, 7) is 6.58. The Kier molecular flexibility index (Phi) is 8.82. The van der Waals surface area contributed by atoms with Crippen molar-refractivity contribution in [2.24, 2.45) is 5.92 Å². The Labute approximate surface area is 198 Å². The zero-order valence-electron chi connectivity index (χ0n) is 20.0. The van der Waals surface area contributed by atoms with Crippen LogP contribution in [0.1, 0.15) is 63.4 Å². The number of piperidine rings is 2. The zero-order chi connectivity index (χ0) is 23.0. The SMILES string of the molecule is CCO[C@@H]1OC(C(=O)N2CCC(N3CCCCC3)CC2)=C[C@H](c2ccccc2)[C@H]1CCCO. The smallest absolute Gasteiger partial charge is 0.288 e. The fourth-order valence-electron chi connectivity index (χ4n) is 5.69. The van der Waals surface area contributed by atoms with Gasteiger partial charge in [-0.1, -0.05) is 36.8 Å². The van der Waals surface area contributed by atoms with Gasteiger partial charge in [0.1, 0.15) is 0 Å². The van der Waals surface area contributed by atoms with Crippen LogP contribution in [-0.2, 0) is 14.3 Å². The predicted octanol–water partition coefficient (Wildman–Crippen LogP) is 3.91. The molecule has 0 unspecified atom stereocenters. The first-order valence-corrected chi connectivity index (χ1v) is 12.9. The van der Waals surface area contributed by atoms with Gasteiger partial charge in [-0.05, 0) is 70.2 Å². The van der Waals surface area contributed by atoms with Crippen molar-refractivity contribution in [1.82, 2.24) is 9.80 Å². The second-order valence-electron chi connectivity index (χ2n) is 9.56. The van der Waals surface area contributed by atoms with E-state index in [1.165, 1.54) is 32.4 Å². The topological polar surface area (TPSA) is 62.2 Å². The minimum atomic E-state index is -0.485. The van der Waals surface area contributed by atoms with Crippen LogP contribution in [0.5, 0.6) is 0 Å². The first-order chi connectivity index (χ1) is 16.2. The summed E-state index contributed by atoms with van der Waals surface area (Å²) in [6, 6.07) is 10.9. The zero-order valence-corrected chi connectivity index (χ0v) is 20.0. The van der Waals surface area contributed by atoms with Gasteiger partial charge in [0, 0.05) is 44.2 Å². The number of aliphatic hydroxyl groups excluding tert-OH is 1. The number of nitrogens with zero attached hydrogens (tertiary/aromatic N) is 2. The molecular weight excluding hydrogens is 416 g/mol. The van der Waals surface area contributed by atoms with Crippen molar-refractivity contribution >= 4 is 5.91 Å². The minimum absolute atomic E-state index is 0.0154. The van der Waals surface area contributed by atoms with E-state index in [1.54, 1.807) is 0 Å². The first-order valence-electron chi connectivity index (χ1n) is 12.9. The summed E-state index contributed by atoms with van der Waals surface area (Å²) in [5.74, 6) is 0.478. The molecular formula is C27H40N2O4. The molecule has 1 amide bonds. The van der Waals surface area contributed by atoms with Crippen molar-refractivity contribution in [2.75, 3.05) is 39.4 Å². The highest BCUT2D eigenvalue weighted by Gasteiger charge is 2.39.